The summed E-state index contributed by atoms with van der Waals surface area (Å²) in [5, 5.41) is 0. The first-order valence-corrected chi connectivity index (χ1v) is 5.07. The molecule has 2 rings (SSSR count). The molecule has 0 unspecified atom stereocenters. The molecule has 86 valence electrons. The Morgan fingerprint density at radius 2 is 2.00 bits per heavy atom. The number of aromatic nitrogens is 2. The maximum Gasteiger partial charge on any atom is 0.347 e. The Morgan fingerprint density at radius 3 is 2.65 bits per heavy atom. The zero-order valence-corrected chi connectivity index (χ0v) is 9.04. The first kappa shape index (κ1) is 11.1. The topological polar surface area (TPSA) is 78.0 Å². The molecule has 0 saturated heterocycles. The third-order valence-corrected chi connectivity index (χ3v) is 2.33. The summed E-state index contributed by atoms with van der Waals surface area (Å²) in [6.45, 7) is 0.369. The zero-order valence-electron chi connectivity index (χ0n) is 9.04. The molecule has 1 aromatic carbocycles. The van der Waals surface area contributed by atoms with E-state index in [9.17, 15) is 9.59 Å². The monoisotopic (exact) mass is 229 g/mol. The highest BCUT2D eigenvalue weighted by atomic mass is 16.1. The molecule has 2 N–H and O–H groups in total. The molecule has 0 fully saturated rings. The van der Waals surface area contributed by atoms with Crippen LogP contribution in [0.3, 0.4) is 0 Å². The van der Waals surface area contributed by atoms with E-state index in [1.165, 1.54) is 17.0 Å². The summed E-state index contributed by atoms with van der Waals surface area (Å²) in [5.41, 5.74) is 5.91. The van der Waals surface area contributed by atoms with E-state index in [1.54, 1.807) is 0 Å². The fourth-order valence-corrected chi connectivity index (χ4v) is 1.48. The van der Waals surface area contributed by atoms with Crippen molar-refractivity contribution in [2.45, 2.75) is 6.54 Å². The number of primary amides is 1. The minimum absolute atomic E-state index is 0.223. The average molecular weight is 229 g/mol. The molecule has 0 aliphatic carbocycles. The Labute approximate surface area is 97.5 Å². The zero-order chi connectivity index (χ0) is 12.3. The van der Waals surface area contributed by atoms with Crippen LogP contribution in [0.25, 0.3) is 0 Å². The summed E-state index contributed by atoms with van der Waals surface area (Å²) < 4.78 is 1.36. The molecule has 1 aromatic heterocycles. The molecule has 0 spiro atoms. The van der Waals surface area contributed by atoms with Crippen molar-refractivity contribution >= 4 is 5.91 Å². The quantitative estimate of drug-likeness (QED) is 0.827. The van der Waals surface area contributed by atoms with Gasteiger partial charge >= 0.3 is 5.69 Å². The van der Waals surface area contributed by atoms with Gasteiger partial charge in [0, 0.05) is 12.4 Å². The Hall–Kier alpha value is -2.43. The number of amides is 1. The lowest BCUT2D eigenvalue weighted by Crippen LogP contribution is -2.25. The highest BCUT2D eigenvalue weighted by Gasteiger charge is 2.04. The normalized spacial score (nSPS) is 10.1. The standard InChI is InChI=1S/C12H11N3O2/c13-11(16)10-6-14-12(17)15(8-10)7-9-4-2-1-3-5-9/h1-6,8H,7H2,(H2,13,16). The minimum atomic E-state index is -0.598. The molecule has 5 nitrogen and oxygen atoms in total. The van der Waals surface area contributed by atoms with Gasteiger partial charge in [0.15, 0.2) is 0 Å². The van der Waals surface area contributed by atoms with Gasteiger partial charge in [0.1, 0.15) is 0 Å². The lowest BCUT2D eigenvalue weighted by atomic mass is 10.2. The summed E-state index contributed by atoms with van der Waals surface area (Å²) in [4.78, 5) is 26.1. The van der Waals surface area contributed by atoms with E-state index in [4.69, 9.17) is 5.73 Å². The predicted octanol–water partition coefficient (Wildman–Crippen LogP) is 0.390. The van der Waals surface area contributed by atoms with Gasteiger partial charge < -0.3 is 5.73 Å². The van der Waals surface area contributed by atoms with Gasteiger partial charge in [0.2, 0.25) is 0 Å². The van der Waals surface area contributed by atoms with Crippen LogP contribution in [0.2, 0.25) is 0 Å². The third kappa shape index (κ3) is 2.57. The van der Waals surface area contributed by atoms with E-state index in [0.29, 0.717) is 6.54 Å². The van der Waals surface area contributed by atoms with Gasteiger partial charge in [0.25, 0.3) is 5.91 Å². The molecule has 0 radical (unpaired) electrons. The Bertz CT molecular complexity index is 590. The van der Waals surface area contributed by atoms with Crippen LogP contribution in [0.1, 0.15) is 15.9 Å². The van der Waals surface area contributed by atoms with E-state index in [1.807, 2.05) is 30.3 Å². The molecular formula is C12H11N3O2. The van der Waals surface area contributed by atoms with Gasteiger partial charge in [-0.1, -0.05) is 30.3 Å². The molecular weight excluding hydrogens is 218 g/mol. The van der Waals surface area contributed by atoms with E-state index in [0.717, 1.165) is 5.56 Å². The molecule has 0 bridgehead atoms. The van der Waals surface area contributed by atoms with Gasteiger partial charge in [-0.25, -0.2) is 9.78 Å². The fourth-order valence-electron chi connectivity index (χ4n) is 1.48. The van der Waals surface area contributed by atoms with Crippen LogP contribution in [0.5, 0.6) is 0 Å². The van der Waals surface area contributed by atoms with Crippen LogP contribution in [-0.4, -0.2) is 15.5 Å². The summed E-state index contributed by atoms with van der Waals surface area (Å²) >= 11 is 0. The molecule has 0 atom stereocenters. The number of carbonyl (C=O) groups excluding carboxylic acids is 1. The third-order valence-electron chi connectivity index (χ3n) is 2.33. The molecule has 0 aliphatic heterocycles. The average Bonchev–Trinajstić information content (AvgIpc) is 2.33. The van der Waals surface area contributed by atoms with E-state index in [2.05, 4.69) is 4.98 Å². The van der Waals surface area contributed by atoms with Crippen LogP contribution in [0.15, 0.2) is 47.5 Å². The maximum atomic E-state index is 11.5. The van der Waals surface area contributed by atoms with Crippen molar-refractivity contribution < 1.29 is 4.79 Å². The molecule has 5 heteroatoms. The number of hydrogen-bond acceptors (Lipinski definition) is 3. The minimum Gasteiger partial charge on any atom is -0.366 e. The summed E-state index contributed by atoms with van der Waals surface area (Å²) in [5.74, 6) is -0.598. The van der Waals surface area contributed by atoms with Crippen LogP contribution in [0, 0.1) is 0 Å². The van der Waals surface area contributed by atoms with Gasteiger partial charge in [-0.05, 0) is 5.56 Å². The smallest absolute Gasteiger partial charge is 0.347 e. The summed E-state index contributed by atoms with van der Waals surface area (Å²) in [6, 6.07) is 9.44. The molecule has 0 saturated carbocycles. The first-order valence-electron chi connectivity index (χ1n) is 5.07. The fraction of sp³-hybridized carbons (Fsp3) is 0.0833. The molecule has 0 aliphatic rings. The van der Waals surface area contributed by atoms with Crippen molar-refractivity contribution in [3.8, 4) is 0 Å². The van der Waals surface area contributed by atoms with E-state index >= 15 is 0 Å². The van der Waals surface area contributed by atoms with Crippen LogP contribution < -0.4 is 11.4 Å². The maximum absolute atomic E-state index is 11.5. The Morgan fingerprint density at radius 1 is 1.29 bits per heavy atom. The van der Waals surface area contributed by atoms with Crippen LogP contribution >= 0.6 is 0 Å². The van der Waals surface area contributed by atoms with Crippen molar-refractivity contribution in [2.24, 2.45) is 5.73 Å². The van der Waals surface area contributed by atoms with Gasteiger partial charge in [-0.3, -0.25) is 9.36 Å². The van der Waals surface area contributed by atoms with Crippen molar-refractivity contribution in [3.05, 3.63) is 64.3 Å². The predicted molar refractivity (Wildman–Crippen MR) is 62.6 cm³/mol. The summed E-state index contributed by atoms with van der Waals surface area (Å²) in [6.07, 6.45) is 2.61. The van der Waals surface area contributed by atoms with E-state index < -0.39 is 11.6 Å². The molecule has 1 heterocycles. The molecule has 17 heavy (non-hydrogen) atoms. The number of carbonyl (C=O) groups is 1. The number of benzene rings is 1. The van der Waals surface area contributed by atoms with Gasteiger partial charge in [-0.2, -0.15) is 0 Å². The van der Waals surface area contributed by atoms with Crippen molar-refractivity contribution in [2.75, 3.05) is 0 Å². The van der Waals surface area contributed by atoms with E-state index in [-0.39, 0.29) is 5.56 Å². The van der Waals surface area contributed by atoms with Crippen molar-refractivity contribution in [1.82, 2.24) is 9.55 Å². The number of rotatable bonds is 3. The molecule has 1 amide bonds. The highest BCUT2D eigenvalue weighted by Crippen LogP contribution is 2.01. The van der Waals surface area contributed by atoms with Gasteiger partial charge in [-0.15, -0.1) is 0 Å². The highest BCUT2D eigenvalue weighted by molar-refractivity contribution is 5.92. The largest absolute Gasteiger partial charge is 0.366 e. The lowest BCUT2D eigenvalue weighted by Gasteiger charge is -2.05. The van der Waals surface area contributed by atoms with Crippen molar-refractivity contribution in [1.29, 1.82) is 0 Å². The Balaban J connectivity index is 2.36. The Kier molecular flexibility index (Phi) is 3.00. The lowest BCUT2D eigenvalue weighted by molar-refractivity contribution is 0.0999. The van der Waals surface area contributed by atoms with Crippen molar-refractivity contribution in [3.63, 3.8) is 0 Å². The second-order valence-electron chi connectivity index (χ2n) is 3.60. The number of nitrogens with two attached hydrogens (primary N) is 1. The van der Waals surface area contributed by atoms with Gasteiger partial charge in [0.05, 0.1) is 12.1 Å². The second kappa shape index (κ2) is 4.61. The second-order valence-corrected chi connectivity index (χ2v) is 3.60. The SMILES string of the molecule is NC(=O)c1cnc(=O)n(Cc2ccccc2)c1. The first-order chi connectivity index (χ1) is 8.16. The molecule has 2 aromatic rings. The number of nitrogens with zero attached hydrogens (tertiary/aromatic N) is 2. The van der Waals surface area contributed by atoms with Crippen LogP contribution in [0.4, 0.5) is 0 Å². The van der Waals surface area contributed by atoms with Crippen LogP contribution in [-0.2, 0) is 6.54 Å². The number of hydrogen-bond donors (Lipinski definition) is 1. The summed E-state index contributed by atoms with van der Waals surface area (Å²) in [7, 11) is 0.